The fourth-order valence-electron chi connectivity index (χ4n) is 5.27. The first-order valence-corrected chi connectivity index (χ1v) is 11.5. The number of carbonyl (C=O) groups excluding carboxylic acids is 1. The monoisotopic (exact) mass is 385 g/mol. The maximum atomic E-state index is 13.5. The van der Waals surface area contributed by atoms with Gasteiger partial charge in [0.1, 0.15) is 0 Å². The molecule has 0 spiro atoms. The van der Waals surface area contributed by atoms with Crippen molar-refractivity contribution < 1.29 is 4.79 Å². The van der Waals surface area contributed by atoms with Gasteiger partial charge in [0.25, 0.3) is 0 Å². The third kappa shape index (κ3) is 4.82. The highest BCUT2D eigenvalue weighted by Crippen LogP contribution is 2.38. The molecule has 1 aromatic rings. The largest absolute Gasteiger partial charge is 0.372 e. The van der Waals surface area contributed by atoms with Gasteiger partial charge in [0, 0.05) is 36.0 Å². The Morgan fingerprint density at radius 2 is 1.54 bits per heavy atom. The molecule has 0 radical (unpaired) electrons. The highest BCUT2D eigenvalue weighted by atomic mass is 16.2. The average molecular weight is 386 g/mol. The minimum atomic E-state index is 0.00546. The van der Waals surface area contributed by atoms with Crippen molar-refractivity contribution in [3.8, 4) is 0 Å². The van der Waals surface area contributed by atoms with Crippen LogP contribution in [0.5, 0.6) is 0 Å². The van der Waals surface area contributed by atoms with Crippen molar-refractivity contribution in [2.75, 3.05) is 23.3 Å². The standard InChI is InChI=1S/C24H39N3O/c1-4-26(5-2)21-16-14-20(15-17-21)25-23(28)27(22-12-8-6-9-13-22)24(3)18-10-7-11-19-24/h14-17,22H,4-13,18-19H2,1-3H3,(H,25,28). The van der Waals surface area contributed by atoms with Crippen LogP contribution in [0.2, 0.25) is 0 Å². The van der Waals surface area contributed by atoms with Gasteiger partial charge in [-0.25, -0.2) is 4.79 Å². The highest BCUT2D eigenvalue weighted by Gasteiger charge is 2.40. The molecule has 0 heterocycles. The molecular weight excluding hydrogens is 346 g/mol. The van der Waals surface area contributed by atoms with Crippen LogP contribution >= 0.6 is 0 Å². The molecule has 0 atom stereocenters. The van der Waals surface area contributed by atoms with Crippen molar-refractivity contribution in [3.63, 3.8) is 0 Å². The van der Waals surface area contributed by atoms with Crippen molar-refractivity contribution in [1.29, 1.82) is 0 Å². The van der Waals surface area contributed by atoms with E-state index < -0.39 is 0 Å². The Kier molecular flexibility index (Phi) is 7.25. The molecule has 1 aromatic carbocycles. The van der Waals surface area contributed by atoms with Crippen molar-refractivity contribution in [2.45, 2.75) is 96.6 Å². The zero-order valence-electron chi connectivity index (χ0n) is 18.2. The number of carbonyl (C=O) groups is 1. The van der Waals surface area contributed by atoms with Gasteiger partial charge in [0.15, 0.2) is 0 Å². The van der Waals surface area contributed by atoms with Crippen LogP contribution in [0.3, 0.4) is 0 Å². The molecule has 4 nitrogen and oxygen atoms in total. The van der Waals surface area contributed by atoms with Crippen LogP contribution in [0.25, 0.3) is 0 Å². The Morgan fingerprint density at radius 1 is 0.964 bits per heavy atom. The Morgan fingerprint density at radius 3 is 2.11 bits per heavy atom. The Hall–Kier alpha value is -1.71. The van der Waals surface area contributed by atoms with Crippen LogP contribution in [0, 0.1) is 0 Å². The van der Waals surface area contributed by atoms with Crippen LogP contribution in [-0.2, 0) is 0 Å². The molecule has 3 rings (SSSR count). The Bertz CT molecular complexity index is 611. The SMILES string of the molecule is CCN(CC)c1ccc(NC(=O)N(C2CCCCC2)C2(C)CCCCC2)cc1. The number of anilines is 2. The normalized spacial score (nSPS) is 19.8. The number of hydrogen-bond donors (Lipinski definition) is 1. The number of rotatable bonds is 6. The van der Waals surface area contributed by atoms with E-state index in [4.69, 9.17) is 0 Å². The molecule has 0 aliphatic heterocycles. The van der Waals surface area contributed by atoms with E-state index in [2.05, 4.69) is 48.0 Å². The Balaban J connectivity index is 1.75. The summed E-state index contributed by atoms with van der Waals surface area (Å²) in [5, 5.41) is 3.23. The summed E-state index contributed by atoms with van der Waals surface area (Å²) in [7, 11) is 0. The number of benzene rings is 1. The van der Waals surface area contributed by atoms with Crippen LogP contribution in [0.15, 0.2) is 24.3 Å². The van der Waals surface area contributed by atoms with E-state index in [0.29, 0.717) is 6.04 Å². The molecule has 156 valence electrons. The summed E-state index contributed by atoms with van der Waals surface area (Å²) in [5.41, 5.74) is 2.12. The van der Waals surface area contributed by atoms with Crippen LogP contribution in [0.1, 0.15) is 85.0 Å². The van der Waals surface area contributed by atoms with E-state index in [1.54, 1.807) is 0 Å². The van der Waals surface area contributed by atoms with Crippen LogP contribution < -0.4 is 10.2 Å². The minimum Gasteiger partial charge on any atom is -0.372 e. The summed E-state index contributed by atoms with van der Waals surface area (Å²) < 4.78 is 0. The predicted octanol–water partition coefficient (Wildman–Crippen LogP) is 6.42. The van der Waals surface area contributed by atoms with E-state index >= 15 is 0 Å². The molecule has 0 saturated heterocycles. The quantitative estimate of drug-likeness (QED) is 0.613. The van der Waals surface area contributed by atoms with Gasteiger partial charge in [-0.15, -0.1) is 0 Å². The lowest BCUT2D eigenvalue weighted by Gasteiger charge is -2.49. The van der Waals surface area contributed by atoms with Gasteiger partial charge in [0.05, 0.1) is 0 Å². The second-order valence-electron chi connectivity index (χ2n) is 8.87. The number of nitrogens with one attached hydrogen (secondary N) is 1. The molecule has 28 heavy (non-hydrogen) atoms. The first-order chi connectivity index (χ1) is 13.6. The van der Waals surface area contributed by atoms with Crippen molar-refractivity contribution in [3.05, 3.63) is 24.3 Å². The first kappa shape index (κ1) is 21.0. The number of nitrogens with zero attached hydrogens (tertiary/aromatic N) is 2. The van der Waals surface area contributed by atoms with Gasteiger partial charge in [-0.2, -0.15) is 0 Å². The second kappa shape index (κ2) is 9.67. The Labute approximate surface area is 171 Å². The fraction of sp³-hybridized carbons (Fsp3) is 0.708. The van der Waals surface area contributed by atoms with Gasteiger partial charge in [-0.3, -0.25) is 0 Å². The van der Waals surface area contributed by atoms with Crippen LogP contribution in [-0.4, -0.2) is 35.6 Å². The molecule has 0 aromatic heterocycles. The molecular formula is C24H39N3O. The van der Waals surface area contributed by atoms with Crippen LogP contribution in [0.4, 0.5) is 16.2 Å². The molecule has 2 aliphatic carbocycles. The molecule has 2 aliphatic rings. The van der Waals surface area contributed by atoms with Gasteiger partial charge in [0.2, 0.25) is 0 Å². The van der Waals surface area contributed by atoms with Crippen molar-refractivity contribution in [2.24, 2.45) is 0 Å². The number of hydrogen-bond acceptors (Lipinski definition) is 2. The highest BCUT2D eigenvalue weighted by molar-refractivity contribution is 5.90. The molecule has 1 N–H and O–H groups in total. The van der Waals surface area contributed by atoms with E-state index in [0.717, 1.165) is 44.5 Å². The summed E-state index contributed by atoms with van der Waals surface area (Å²) in [5.74, 6) is 0. The lowest BCUT2D eigenvalue weighted by atomic mass is 9.79. The van der Waals surface area contributed by atoms with E-state index in [-0.39, 0.29) is 11.6 Å². The average Bonchev–Trinajstić information content (AvgIpc) is 2.71. The minimum absolute atomic E-state index is 0.00546. The second-order valence-corrected chi connectivity index (χ2v) is 8.87. The summed E-state index contributed by atoms with van der Waals surface area (Å²) in [6.45, 7) is 8.66. The zero-order valence-corrected chi connectivity index (χ0v) is 18.2. The van der Waals surface area contributed by atoms with Gasteiger partial charge in [-0.05, 0) is 70.7 Å². The fourth-order valence-corrected chi connectivity index (χ4v) is 5.27. The number of amides is 2. The molecule has 0 unspecified atom stereocenters. The summed E-state index contributed by atoms with van der Waals surface area (Å²) in [4.78, 5) is 18.0. The van der Waals surface area contributed by atoms with E-state index in [9.17, 15) is 4.79 Å². The smallest absolute Gasteiger partial charge is 0.322 e. The first-order valence-electron chi connectivity index (χ1n) is 11.5. The van der Waals surface area contributed by atoms with Crippen molar-refractivity contribution in [1.82, 2.24) is 4.90 Å². The zero-order chi connectivity index (χ0) is 20.0. The van der Waals surface area contributed by atoms with Gasteiger partial charge < -0.3 is 15.1 Å². The van der Waals surface area contributed by atoms with Gasteiger partial charge >= 0.3 is 6.03 Å². The van der Waals surface area contributed by atoms with Crippen molar-refractivity contribution >= 4 is 17.4 Å². The lowest BCUT2D eigenvalue weighted by molar-refractivity contribution is 0.0513. The van der Waals surface area contributed by atoms with E-state index in [1.807, 2.05) is 12.1 Å². The molecule has 4 heteroatoms. The summed E-state index contributed by atoms with van der Waals surface area (Å²) >= 11 is 0. The topological polar surface area (TPSA) is 35.6 Å². The van der Waals surface area contributed by atoms with E-state index in [1.165, 1.54) is 44.2 Å². The van der Waals surface area contributed by atoms with Gasteiger partial charge in [-0.1, -0.05) is 38.5 Å². The maximum absolute atomic E-state index is 13.5. The maximum Gasteiger partial charge on any atom is 0.322 e. The third-order valence-corrected chi connectivity index (χ3v) is 6.92. The molecule has 0 bridgehead atoms. The molecule has 2 amide bonds. The third-order valence-electron chi connectivity index (χ3n) is 6.92. The lowest BCUT2D eigenvalue weighted by Crippen LogP contribution is -2.57. The predicted molar refractivity (Wildman–Crippen MR) is 119 cm³/mol. The molecule has 2 saturated carbocycles. The summed E-state index contributed by atoms with van der Waals surface area (Å²) in [6, 6.07) is 8.84. The molecule has 2 fully saturated rings. The summed E-state index contributed by atoms with van der Waals surface area (Å²) in [6.07, 6.45) is 12.2. The number of urea groups is 1.